The summed E-state index contributed by atoms with van der Waals surface area (Å²) in [5.41, 5.74) is 5.33. The third-order valence-electron chi connectivity index (χ3n) is 4.71. The maximum Gasteiger partial charge on any atom is 0.250 e. The number of aromatic hydroxyl groups is 1. The van der Waals surface area contributed by atoms with Crippen LogP contribution < -0.4 is 15.6 Å². The molecular weight excluding hydrogens is 622 g/mol. The van der Waals surface area contributed by atoms with Crippen molar-refractivity contribution in [2.75, 3.05) is 41.9 Å². The van der Waals surface area contributed by atoms with Crippen molar-refractivity contribution in [1.29, 1.82) is 0 Å². The second-order valence-electron chi connectivity index (χ2n) is 7.19. The molecule has 33 heavy (non-hydrogen) atoms. The normalized spacial score (nSPS) is 14.0. The summed E-state index contributed by atoms with van der Waals surface area (Å²) in [5, 5.41) is 17.7. The largest absolute Gasteiger partial charge is 0.506 e. The summed E-state index contributed by atoms with van der Waals surface area (Å²) in [6.45, 7) is 4.60. The number of anilines is 4. The lowest BCUT2D eigenvalue weighted by atomic mass is 10.2. The lowest BCUT2D eigenvalue weighted by Gasteiger charge is -2.27. The molecule has 172 valence electrons. The van der Waals surface area contributed by atoms with Crippen molar-refractivity contribution in [2.24, 2.45) is 5.10 Å². The quantitative estimate of drug-likeness (QED) is 0.249. The van der Waals surface area contributed by atoms with Crippen molar-refractivity contribution in [3.8, 4) is 5.75 Å². The van der Waals surface area contributed by atoms with Gasteiger partial charge in [0.05, 0.1) is 29.6 Å². The summed E-state index contributed by atoms with van der Waals surface area (Å²) >= 11 is 10.3. The van der Waals surface area contributed by atoms with Gasteiger partial charge >= 0.3 is 0 Å². The number of hydrogen-bond acceptors (Lipinski definition) is 9. The van der Waals surface area contributed by atoms with E-state index < -0.39 is 0 Å². The first-order valence-corrected chi connectivity index (χ1v) is 12.4. The average molecular weight is 642 g/mol. The number of hydrazone groups is 1. The smallest absolute Gasteiger partial charge is 0.250 e. The number of nitrogens with one attached hydrogen (secondary N) is 2. The third kappa shape index (κ3) is 6.19. The molecule has 0 saturated carbocycles. The zero-order valence-corrected chi connectivity index (χ0v) is 22.3. The molecule has 0 amide bonds. The van der Waals surface area contributed by atoms with Crippen LogP contribution in [0.15, 0.2) is 48.9 Å². The number of morpholine rings is 1. The minimum atomic E-state index is 0.0833. The molecular formula is C21H20Br3N7O2. The molecule has 2 aromatic carbocycles. The summed E-state index contributed by atoms with van der Waals surface area (Å²) in [6, 6.07) is 9.47. The highest BCUT2D eigenvalue weighted by atomic mass is 79.9. The van der Waals surface area contributed by atoms with Gasteiger partial charge in [0.2, 0.25) is 17.8 Å². The predicted molar refractivity (Wildman–Crippen MR) is 140 cm³/mol. The predicted octanol–water partition coefficient (Wildman–Crippen LogP) is 5.20. The molecule has 4 rings (SSSR count). The number of benzene rings is 2. The Bertz CT molecular complexity index is 1190. The Morgan fingerprint density at radius 3 is 2.55 bits per heavy atom. The molecule has 0 unspecified atom stereocenters. The van der Waals surface area contributed by atoms with E-state index in [-0.39, 0.29) is 11.7 Å². The summed E-state index contributed by atoms with van der Waals surface area (Å²) < 4.78 is 7.71. The highest BCUT2D eigenvalue weighted by Crippen LogP contribution is 2.31. The zero-order valence-electron chi connectivity index (χ0n) is 17.5. The number of phenols is 1. The van der Waals surface area contributed by atoms with Gasteiger partial charge in [-0.3, -0.25) is 0 Å². The monoisotopic (exact) mass is 639 g/mol. The number of aromatic nitrogens is 3. The van der Waals surface area contributed by atoms with Gasteiger partial charge in [0, 0.05) is 27.6 Å². The molecule has 0 bridgehead atoms. The molecule has 12 heteroatoms. The molecule has 1 saturated heterocycles. The van der Waals surface area contributed by atoms with Crippen LogP contribution >= 0.6 is 47.8 Å². The Morgan fingerprint density at radius 2 is 1.79 bits per heavy atom. The average Bonchev–Trinajstić information content (AvgIpc) is 2.79. The topological polar surface area (TPSA) is 108 Å². The van der Waals surface area contributed by atoms with E-state index in [9.17, 15) is 5.11 Å². The molecule has 3 aromatic rings. The van der Waals surface area contributed by atoms with E-state index in [1.165, 1.54) is 6.21 Å². The van der Waals surface area contributed by atoms with Gasteiger partial charge in [0.15, 0.2) is 0 Å². The molecule has 0 spiro atoms. The summed E-state index contributed by atoms with van der Waals surface area (Å²) in [4.78, 5) is 15.6. The molecule has 1 aliphatic heterocycles. The van der Waals surface area contributed by atoms with Crippen LogP contribution in [0.1, 0.15) is 11.1 Å². The highest BCUT2D eigenvalue weighted by molar-refractivity contribution is 9.11. The number of phenolic OH excluding ortho intramolecular Hbond substituents is 1. The molecule has 1 aromatic heterocycles. The number of hydrogen-bond donors (Lipinski definition) is 3. The molecule has 1 aliphatic rings. The van der Waals surface area contributed by atoms with Crippen molar-refractivity contribution in [2.45, 2.75) is 6.92 Å². The first-order valence-electron chi connectivity index (χ1n) is 9.98. The summed E-state index contributed by atoms with van der Waals surface area (Å²) in [6.07, 6.45) is 1.49. The molecule has 0 radical (unpaired) electrons. The minimum absolute atomic E-state index is 0.0833. The number of ether oxygens (including phenoxy) is 1. The highest BCUT2D eigenvalue weighted by Gasteiger charge is 2.17. The van der Waals surface area contributed by atoms with Crippen LogP contribution in [0.4, 0.5) is 23.5 Å². The fourth-order valence-corrected chi connectivity index (χ4v) is 4.91. The van der Waals surface area contributed by atoms with E-state index in [4.69, 9.17) is 4.74 Å². The number of halogens is 3. The summed E-state index contributed by atoms with van der Waals surface area (Å²) in [5.74, 6) is 1.24. The zero-order chi connectivity index (χ0) is 23.4. The standard InChI is InChI=1S/C21H20Br3N7O2/c1-12-2-3-17(15(23)8-12)26-19-27-20(29-21(28-19)31-4-6-33-7-5-31)30-25-11-13-9-14(22)10-16(24)18(13)32/h2-3,8-11,32H,4-7H2,1H3,(H2,26,27,28,29,30)/b25-11+. The first-order chi connectivity index (χ1) is 15.9. The van der Waals surface area contributed by atoms with Crippen LogP contribution in [0.3, 0.4) is 0 Å². The van der Waals surface area contributed by atoms with Crippen molar-refractivity contribution >= 4 is 77.5 Å². The van der Waals surface area contributed by atoms with Gasteiger partial charge < -0.3 is 20.1 Å². The number of rotatable bonds is 6. The Balaban J connectivity index is 1.61. The van der Waals surface area contributed by atoms with E-state index in [1.807, 2.05) is 30.0 Å². The van der Waals surface area contributed by atoms with Crippen molar-refractivity contribution in [3.05, 3.63) is 54.9 Å². The maximum absolute atomic E-state index is 10.2. The second-order valence-corrected chi connectivity index (χ2v) is 9.81. The Labute approximate surface area is 216 Å². The van der Waals surface area contributed by atoms with Gasteiger partial charge in [-0.1, -0.05) is 22.0 Å². The maximum atomic E-state index is 10.2. The van der Waals surface area contributed by atoms with Crippen molar-refractivity contribution in [3.63, 3.8) is 0 Å². The van der Waals surface area contributed by atoms with Gasteiger partial charge in [-0.25, -0.2) is 5.43 Å². The van der Waals surface area contributed by atoms with Crippen LogP contribution in [0.5, 0.6) is 5.75 Å². The van der Waals surface area contributed by atoms with Crippen LogP contribution in [0.25, 0.3) is 0 Å². The first kappa shape index (κ1) is 23.9. The molecule has 2 heterocycles. The van der Waals surface area contributed by atoms with Crippen LogP contribution in [0.2, 0.25) is 0 Å². The molecule has 0 atom stereocenters. The molecule has 0 aliphatic carbocycles. The van der Waals surface area contributed by atoms with Crippen LogP contribution in [-0.4, -0.2) is 52.6 Å². The van der Waals surface area contributed by atoms with E-state index in [2.05, 4.69) is 78.6 Å². The lowest BCUT2D eigenvalue weighted by molar-refractivity contribution is 0.122. The fraction of sp³-hybridized carbons (Fsp3) is 0.238. The Kier molecular flexibility index (Phi) is 7.78. The van der Waals surface area contributed by atoms with Crippen LogP contribution in [0, 0.1) is 6.92 Å². The molecule has 9 nitrogen and oxygen atoms in total. The van der Waals surface area contributed by atoms with E-state index in [0.717, 1.165) is 20.2 Å². The Morgan fingerprint density at radius 1 is 1.03 bits per heavy atom. The number of nitrogens with zero attached hydrogens (tertiary/aromatic N) is 5. The SMILES string of the molecule is Cc1ccc(Nc2nc(N/N=C/c3cc(Br)cc(Br)c3O)nc(N3CCOCC3)n2)c(Br)c1. The van der Waals surface area contributed by atoms with Gasteiger partial charge in [-0.15, -0.1) is 0 Å². The lowest BCUT2D eigenvalue weighted by Crippen LogP contribution is -2.37. The van der Waals surface area contributed by atoms with Gasteiger partial charge in [-0.05, 0) is 68.6 Å². The van der Waals surface area contributed by atoms with E-state index in [0.29, 0.717) is 48.2 Å². The molecule has 1 fully saturated rings. The third-order valence-corrected chi connectivity index (χ3v) is 6.43. The number of aryl methyl sites for hydroxylation is 1. The minimum Gasteiger partial charge on any atom is -0.506 e. The van der Waals surface area contributed by atoms with Gasteiger partial charge in [0.1, 0.15) is 5.75 Å². The van der Waals surface area contributed by atoms with E-state index >= 15 is 0 Å². The van der Waals surface area contributed by atoms with Gasteiger partial charge in [0.25, 0.3) is 0 Å². The van der Waals surface area contributed by atoms with Crippen LogP contribution in [-0.2, 0) is 4.74 Å². The van der Waals surface area contributed by atoms with E-state index in [1.54, 1.807) is 12.1 Å². The van der Waals surface area contributed by atoms with Crippen molar-refractivity contribution in [1.82, 2.24) is 15.0 Å². The summed E-state index contributed by atoms with van der Waals surface area (Å²) in [7, 11) is 0. The van der Waals surface area contributed by atoms with Gasteiger partial charge in [-0.2, -0.15) is 20.1 Å². The molecule has 3 N–H and O–H groups in total. The second kappa shape index (κ2) is 10.8. The fourth-order valence-electron chi connectivity index (χ4n) is 3.06. The Hall–Kier alpha value is -2.28. The van der Waals surface area contributed by atoms with Crippen molar-refractivity contribution < 1.29 is 9.84 Å².